The molecule has 1 aliphatic rings. The molecule has 0 atom stereocenters. The smallest absolute Gasteiger partial charge is 0.000697 e. The zero-order chi connectivity index (χ0) is 10.5. The van der Waals surface area contributed by atoms with E-state index in [0.717, 1.165) is 0 Å². The van der Waals surface area contributed by atoms with Gasteiger partial charge in [-0.3, -0.25) is 0 Å². The molecule has 72 valence electrons. The summed E-state index contributed by atoms with van der Waals surface area (Å²) in [4.78, 5) is 0. The molecule has 0 heteroatoms. The Hall–Kier alpha value is -2.08. The Morgan fingerprint density at radius 3 is 2.81 bits per heavy atom. The van der Waals surface area contributed by atoms with Crippen molar-refractivity contribution in [3.8, 4) is 0 Å². The molecule has 0 spiro atoms. The zero-order valence-corrected chi connectivity index (χ0v) is 8.62. The van der Waals surface area contributed by atoms with Gasteiger partial charge in [-0.25, -0.2) is 0 Å². The van der Waals surface area contributed by atoms with Crippen LogP contribution in [0, 0.1) is 12.1 Å². The van der Waals surface area contributed by atoms with Crippen LogP contribution in [0.25, 0.3) is 33.7 Å². The molecule has 0 fully saturated rings. The summed E-state index contributed by atoms with van der Waals surface area (Å²) in [5.74, 6) is 0. The molecule has 0 unspecified atom stereocenters. The average Bonchev–Trinajstić information content (AvgIpc) is 2.75. The van der Waals surface area contributed by atoms with E-state index in [4.69, 9.17) is 0 Å². The predicted molar refractivity (Wildman–Crippen MR) is 68.1 cm³/mol. The molecule has 0 saturated carbocycles. The second kappa shape index (κ2) is 2.73. The van der Waals surface area contributed by atoms with Crippen molar-refractivity contribution in [1.82, 2.24) is 0 Å². The monoisotopic (exact) mass is 200 g/mol. The second-order valence-electron chi connectivity index (χ2n) is 4.14. The SMILES string of the molecule is [c]1[c]c2c3c(c1)C=Cc3cc1ccccc12. The fourth-order valence-corrected chi connectivity index (χ4v) is 2.51. The molecule has 3 aromatic rings. The van der Waals surface area contributed by atoms with Crippen molar-refractivity contribution in [3.05, 3.63) is 59.7 Å². The Bertz CT molecular complexity index is 748. The van der Waals surface area contributed by atoms with E-state index < -0.39 is 0 Å². The van der Waals surface area contributed by atoms with Gasteiger partial charge in [0, 0.05) is 0 Å². The lowest BCUT2D eigenvalue weighted by Crippen LogP contribution is -1.82. The highest BCUT2D eigenvalue weighted by Gasteiger charge is 2.11. The Kier molecular flexibility index (Phi) is 1.39. The Labute approximate surface area is 93.8 Å². The molecule has 0 aliphatic heterocycles. The highest BCUT2D eigenvalue weighted by molar-refractivity contribution is 6.16. The minimum absolute atomic E-state index is 1.19. The fourth-order valence-electron chi connectivity index (χ4n) is 2.51. The standard InChI is InChI=1S/C16H8/c1-2-6-14-12(4-1)10-13-9-8-11-5-3-7-15(14)16(11)13/h1-2,4-6,8-10H. The van der Waals surface area contributed by atoms with E-state index in [9.17, 15) is 0 Å². The quantitative estimate of drug-likeness (QED) is 0.375. The largest absolute Gasteiger partial charge is 0.0616 e. The molecule has 0 bridgehead atoms. The van der Waals surface area contributed by atoms with E-state index in [2.05, 4.69) is 54.6 Å². The maximum absolute atomic E-state index is 3.25. The molecule has 1 aliphatic carbocycles. The number of hydrogen-bond donors (Lipinski definition) is 0. The summed E-state index contributed by atoms with van der Waals surface area (Å²) < 4.78 is 0. The van der Waals surface area contributed by atoms with Gasteiger partial charge in [-0.15, -0.1) is 0 Å². The van der Waals surface area contributed by atoms with Gasteiger partial charge < -0.3 is 0 Å². The molecule has 16 heavy (non-hydrogen) atoms. The topological polar surface area (TPSA) is 0 Å². The van der Waals surface area contributed by atoms with Crippen LogP contribution in [0.1, 0.15) is 11.1 Å². The summed E-state index contributed by atoms with van der Waals surface area (Å²) in [6.45, 7) is 0. The van der Waals surface area contributed by atoms with E-state index in [-0.39, 0.29) is 0 Å². The lowest BCUT2D eigenvalue weighted by Gasteiger charge is -2.06. The molecule has 2 radical (unpaired) electrons. The normalized spacial score (nSPS) is 12.8. The summed E-state index contributed by atoms with van der Waals surface area (Å²) in [7, 11) is 0. The van der Waals surface area contributed by atoms with E-state index >= 15 is 0 Å². The van der Waals surface area contributed by atoms with Crippen LogP contribution in [0.4, 0.5) is 0 Å². The van der Waals surface area contributed by atoms with Gasteiger partial charge in [0.1, 0.15) is 0 Å². The van der Waals surface area contributed by atoms with Crippen LogP contribution in [-0.4, -0.2) is 0 Å². The van der Waals surface area contributed by atoms with Gasteiger partial charge in [-0.2, -0.15) is 0 Å². The Morgan fingerprint density at radius 1 is 0.938 bits per heavy atom. The third-order valence-corrected chi connectivity index (χ3v) is 3.24. The van der Waals surface area contributed by atoms with Gasteiger partial charge >= 0.3 is 0 Å². The van der Waals surface area contributed by atoms with Gasteiger partial charge in [0.05, 0.1) is 0 Å². The van der Waals surface area contributed by atoms with Crippen molar-refractivity contribution in [2.75, 3.05) is 0 Å². The Morgan fingerprint density at radius 2 is 1.81 bits per heavy atom. The predicted octanol–water partition coefficient (Wildman–Crippen LogP) is 4.08. The summed E-state index contributed by atoms with van der Waals surface area (Å²) >= 11 is 0. The van der Waals surface area contributed by atoms with Crippen LogP contribution in [0.3, 0.4) is 0 Å². The number of fused-ring (bicyclic) bond motifs is 2. The number of hydrogen-bond acceptors (Lipinski definition) is 0. The van der Waals surface area contributed by atoms with Gasteiger partial charge in [-0.05, 0) is 56.9 Å². The molecule has 0 N–H and O–H groups in total. The van der Waals surface area contributed by atoms with Gasteiger partial charge in [0.2, 0.25) is 0 Å². The van der Waals surface area contributed by atoms with E-state index in [1.54, 1.807) is 0 Å². The summed E-state index contributed by atoms with van der Waals surface area (Å²) in [5, 5.41) is 5.05. The molecular weight excluding hydrogens is 192 g/mol. The highest BCUT2D eigenvalue weighted by Crippen LogP contribution is 2.35. The van der Waals surface area contributed by atoms with Crippen LogP contribution in [0.2, 0.25) is 0 Å². The first-order valence-corrected chi connectivity index (χ1v) is 5.39. The number of rotatable bonds is 0. The molecular formula is C16H8. The van der Waals surface area contributed by atoms with Crippen LogP contribution in [-0.2, 0) is 0 Å². The molecule has 0 saturated heterocycles. The molecule has 4 rings (SSSR count). The van der Waals surface area contributed by atoms with Crippen LogP contribution < -0.4 is 0 Å². The highest BCUT2D eigenvalue weighted by atomic mass is 14.1. The third kappa shape index (κ3) is 0.892. The van der Waals surface area contributed by atoms with Crippen molar-refractivity contribution >= 4 is 33.7 Å². The zero-order valence-electron chi connectivity index (χ0n) is 8.62. The van der Waals surface area contributed by atoms with Crippen molar-refractivity contribution in [1.29, 1.82) is 0 Å². The maximum atomic E-state index is 3.25. The molecule has 0 nitrogen and oxygen atoms in total. The molecule has 0 aromatic heterocycles. The van der Waals surface area contributed by atoms with Gasteiger partial charge in [-0.1, -0.05) is 36.4 Å². The van der Waals surface area contributed by atoms with E-state index in [0.29, 0.717) is 0 Å². The first-order chi connectivity index (χ1) is 7.93. The summed E-state index contributed by atoms with van der Waals surface area (Å²) in [6, 6.07) is 19.1. The summed E-state index contributed by atoms with van der Waals surface area (Å²) in [5.41, 5.74) is 2.56. The summed E-state index contributed by atoms with van der Waals surface area (Å²) in [6.07, 6.45) is 4.33. The first kappa shape index (κ1) is 8.12. The van der Waals surface area contributed by atoms with Gasteiger partial charge in [0.15, 0.2) is 0 Å². The van der Waals surface area contributed by atoms with E-state index in [1.807, 2.05) is 6.07 Å². The Balaban J connectivity index is 2.39. The first-order valence-electron chi connectivity index (χ1n) is 5.39. The molecule has 0 amide bonds. The van der Waals surface area contributed by atoms with E-state index in [1.165, 1.54) is 32.7 Å². The van der Waals surface area contributed by atoms with Crippen LogP contribution >= 0.6 is 0 Å². The van der Waals surface area contributed by atoms with Gasteiger partial charge in [0.25, 0.3) is 0 Å². The van der Waals surface area contributed by atoms with Crippen molar-refractivity contribution in [2.45, 2.75) is 0 Å². The maximum Gasteiger partial charge on any atom is -0.000697 e. The van der Waals surface area contributed by atoms with Crippen molar-refractivity contribution in [2.24, 2.45) is 0 Å². The lowest BCUT2D eigenvalue weighted by molar-refractivity contribution is 1.72. The van der Waals surface area contributed by atoms with Crippen LogP contribution in [0.5, 0.6) is 0 Å². The second-order valence-corrected chi connectivity index (χ2v) is 4.14. The number of benzene rings is 3. The molecule has 0 heterocycles. The van der Waals surface area contributed by atoms with Crippen molar-refractivity contribution in [3.63, 3.8) is 0 Å². The lowest BCUT2D eigenvalue weighted by atomic mass is 9.97. The van der Waals surface area contributed by atoms with Crippen molar-refractivity contribution < 1.29 is 0 Å². The third-order valence-electron chi connectivity index (χ3n) is 3.24. The average molecular weight is 200 g/mol. The molecule has 3 aromatic carbocycles. The minimum atomic E-state index is 1.19. The fraction of sp³-hybridized carbons (Fsp3) is 0. The minimum Gasteiger partial charge on any atom is -0.0616 e. The van der Waals surface area contributed by atoms with Crippen LogP contribution in [0.15, 0.2) is 36.4 Å².